The van der Waals surface area contributed by atoms with Crippen molar-refractivity contribution in [2.45, 2.75) is 12.8 Å². The lowest BCUT2D eigenvalue weighted by Crippen LogP contribution is -2.38. The van der Waals surface area contributed by atoms with Crippen LogP contribution in [0.5, 0.6) is 5.75 Å². The molecule has 7 nitrogen and oxygen atoms in total. The number of furan rings is 1. The number of benzene rings is 2. The third kappa shape index (κ3) is 2.85. The summed E-state index contributed by atoms with van der Waals surface area (Å²) in [7, 11) is 1.52. The fraction of sp³-hybridized carbons (Fsp3) is 0.261. The third-order valence-electron chi connectivity index (χ3n) is 5.87. The van der Waals surface area contributed by atoms with E-state index in [1.807, 2.05) is 42.5 Å². The van der Waals surface area contributed by atoms with Crippen LogP contribution in [0, 0.1) is 11.8 Å². The number of carbonyl (C=O) groups excluding carboxylic acids is 3. The summed E-state index contributed by atoms with van der Waals surface area (Å²) in [5.41, 5.74) is 1.77. The number of methoxy groups -OCH3 is 1. The lowest BCUT2D eigenvalue weighted by Gasteiger charge is -2.15. The van der Waals surface area contributed by atoms with Crippen LogP contribution < -0.4 is 10.1 Å². The summed E-state index contributed by atoms with van der Waals surface area (Å²) >= 11 is 0. The molecule has 152 valence electrons. The summed E-state index contributed by atoms with van der Waals surface area (Å²) in [5.74, 6) is -1.24. The van der Waals surface area contributed by atoms with Crippen LogP contribution in [0.3, 0.4) is 0 Å². The normalized spacial score (nSPS) is 20.8. The van der Waals surface area contributed by atoms with Crippen molar-refractivity contribution in [3.8, 4) is 5.75 Å². The molecule has 1 N–H and O–H groups in total. The number of fused-ring (bicyclic) bond motifs is 4. The van der Waals surface area contributed by atoms with Gasteiger partial charge in [-0.15, -0.1) is 0 Å². The number of nitrogens with zero attached hydrogens (tertiary/aromatic N) is 1. The van der Waals surface area contributed by atoms with E-state index < -0.39 is 5.91 Å². The number of allylic oxidation sites excluding steroid dienone is 2. The van der Waals surface area contributed by atoms with Gasteiger partial charge in [0.25, 0.3) is 0 Å². The molecule has 30 heavy (non-hydrogen) atoms. The molecule has 0 bridgehead atoms. The molecule has 1 aliphatic carbocycles. The zero-order valence-corrected chi connectivity index (χ0v) is 16.4. The molecule has 0 radical (unpaired) electrons. The van der Waals surface area contributed by atoms with Gasteiger partial charge in [0.05, 0.1) is 24.6 Å². The predicted molar refractivity (Wildman–Crippen MR) is 111 cm³/mol. The van der Waals surface area contributed by atoms with E-state index in [4.69, 9.17) is 9.15 Å². The average Bonchev–Trinajstić information content (AvgIpc) is 3.23. The number of para-hydroxylation sites is 1. The van der Waals surface area contributed by atoms with E-state index in [1.165, 1.54) is 7.11 Å². The minimum atomic E-state index is -0.461. The molecule has 3 aromatic rings. The highest BCUT2D eigenvalue weighted by Gasteiger charge is 2.47. The van der Waals surface area contributed by atoms with Crippen molar-refractivity contribution in [1.82, 2.24) is 4.90 Å². The van der Waals surface area contributed by atoms with Gasteiger partial charge in [0.1, 0.15) is 23.5 Å². The van der Waals surface area contributed by atoms with E-state index in [2.05, 4.69) is 5.32 Å². The number of hydrogen-bond donors (Lipinski definition) is 1. The standard InChI is InChI=1S/C23H20N2O5/c1-29-20-10-16-13-6-4-5-9-18(13)30-19(16)11-17(20)24-21(26)12-25-22(27)14-7-2-3-8-15(14)23(25)28/h2-6,9-11,14-15H,7-8,12H2,1H3,(H,24,26)/t14-,15+. The van der Waals surface area contributed by atoms with Crippen molar-refractivity contribution in [3.63, 3.8) is 0 Å². The average molecular weight is 404 g/mol. The fourth-order valence-electron chi connectivity index (χ4n) is 4.38. The third-order valence-corrected chi connectivity index (χ3v) is 5.87. The molecule has 7 heteroatoms. The van der Waals surface area contributed by atoms with Crippen molar-refractivity contribution in [3.05, 3.63) is 48.6 Å². The van der Waals surface area contributed by atoms with Gasteiger partial charge in [0, 0.05) is 16.8 Å². The number of hydrogen-bond acceptors (Lipinski definition) is 5. The van der Waals surface area contributed by atoms with Crippen LogP contribution in [0.4, 0.5) is 5.69 Å². The predicted octanol–water partition coefficient (Wildman–Crippen LogP) is 3.48. The second-order valence-corrected chi connectivity index (χ2v) is 7.61. The molecular weight excluding hydrogens is 384 g/mol. The molecule has 2 heterocycles. The maximum Gasteiger partial charge on any atom is 0.244 e. The number of carbonyl (C=O) groups is 3. The first-order valence-corrected chi connectivity index (χ1v) is 9.86. The quantitative estimate of drug-likeness (QED) is 0.531. The Morgan fingerprint density at radius 1 is 1.07 bits per heavy atom. The molecule has 0 saturated carbocycles. The Kier molecular flexibility index (Phi) is 4.31. The maximum absolute atomic E-state index is 12.7. The van der Waals surface area contributed by atoms with E-state index in [0.29, 0.717) is 29.9 Å². The van der Waals surface area contributed by atoms with E-state index in [1.54, 1.807) is 6.07 Å². The number of anilines is 1. The molecule has 0 spiro atoms. The Hall–Kier alpha value is -3.61. The summed E-state index contributed by atoms with van der Waals surface area (Å²) in [6.45, 7) is -0.314. The molecule has 1 aromatic heterocycles. The van der Waals surface area contributed by atoms with Gasteiger partial charge >= 0.3 is 0 Å². The highest BCUT2D eigenvalue weighted by atomic mass is 16.5. The Labute approximate surface area is 172 Å². The summed E-state index contributed by atoms with van der Waals surface area (Å²) in [6, 6.07) is 11.2. The number of imide groups is 1. The molecule has 1 fully saturated rings. The van der Waals surface area contributed by atoms with Gasteiger partial charge in [-0.25, -0.2) is 0 Å². The summed E-state index contributed by atoms with van der Waals surface area (Å²) < 4.78 is 11.3. The van der Waals surface area contributed by atoms with Crippen LogP contribution in [-0.2, 0) is 14.4 Å². The largest absolute Gasteiger partial charge is 0.495 e. The monoisotopic (exact) mass is 404 g/mol. The zero-order chi connectivity index (χ0) is 20.8. The maximum atomic E-state index is 12.7. The number of amides is 3. The molecule has 1 aliphatic heterocycles. The summed E-state index contributed by atoms with van der Waals surface area (Å²) in [6.07, 6.45) is 4.93. The number of rotatable bonds is 4. The second kappa shape index (κ2) is 7.02. The molecule has 3 amide bonds. The van der Waals surface area contributed by atoms with Gasteiger partial charge < -0.3 is 14.5 Å². The fourth-order valence-corrected chi connectivity index (χ4v) is 4.38. The van der Waals surface area contributed by atoms with E-state index in [9.17, 15) is 14.4 Å². The molecule has 2 aliphatic rings. The number of likely N-dealkylation sites (tertiary alicyclic amines) is 1. The minimum absolute atomic E-state index is 0.274. The van der Waals surface area contributed by atoms with Gasteiger partial charge in [0.15, 0.2) is 0 Å². The highest BCUT2D eigenvalue weighted by molar-refractivity contribution is 6.10. The van der Waals surface area contributed by atoms with Crippen molar-refractivity contribution >= 4 is 45.3 Å². The van der Waals surface area contributed by atoms with Crippen LogP contribution in [0.1, 0.15) is 12.8 Å². The minimum Gasteiger partial charge on any atom is -0.495 e. The number of ether oxygens (including phenoxy) is 1. The first-order chi connectivity index (χ1) is 14.6. The van der Waals surface area contributed by atoms with E-state index in [0.717, 1.165) is 21.3 Å². The van der Waals surface area contributed by atoms with Crippen LogP contribution in [0.15, 0.2) is 53.0 Å². The van der Waals surface area contributed by atoms with Crippen molar-refractivity contribution in [1.29, 1.82) is 0 Å². The van der Waals surface area contributed by atoms with Gasteiger partial charge in [-0.1, -0.05) is 30.4 Å². The first-order valence-electron chi connectivity index (χ1n) is 9.86. The van der Waals surface area contributed by atoms with Gasteiger partial charge in [-0.2, -0.15) is 0 Å². The lowest BCUT2D eigenvalue weighted by atomic mass is 9.85. The van der Waals surface area contributed by atoms with Crippen LogP contribution >= 0.6 is 0 Å². The Balaban J connectivity index is 1.40. The van der Waals surface area contributed by atoms with Crippen LogP contribution in [0.2, 0.25) is 0 Å². The Morgan fingerprint density at radius 3 is 2.47 bits per heavy atom. The Bertz CT molecular complexity index is 1200. The second-order valence-electron chi connectivity index (χ2n) is 7.61. The molecule has 0 unspecified atom stereocenters. The topological polar surface area (TPSA) is 88.9 Å². The smallest absolute Gasteiger partial charge is 0.244 e. The molecule has 1 saturated heterocycles. The van der Waals surface area contributed by atoms with Crippen LogP contribution in [0.25, 0.3) is 21.9 Å². The molecule has 2 aromatic carbocycles. The SMILES string of the molecule is COc1cc2c(cc1NC(=O)CN1C(=O)[C@H]3CC=CC[C@H]3C1=O)oc1ccccc12. The van der Waals surface area contributed by atoms with Crippen molar-refractivity contribution in [2.75, 3.05) is 19.0 Å². The molecular formula is C23H20N2O5. The van der Waals surface area contributed by atoms with Gasteiger partial charge in [0.2, 0.25) is 17.7 Å². The van der Waals surface area contributed by atoms with Crippen molar-refractivity contribution < 1.29 is 23.5 Å². The van der Waals surface area contributed by atoms with Gasteiger partial charge in [-0.05, 0) is 25.0 Å². The van der Waals surface area contributed by atoms with E-state index in [-0.39, 0.29) is 30.2 Å². The lowest BCUT2D eigenvalue weighted by molar-refractivity contribution is -0.142. The van der Waals surface area contributed by atoms with Crippen LogP contribution in [-0.4, -0.2) is 36.3 Å². The summed E-state index contributed by atoms with van der Waals surface area (Å²) in [4.78, 5) is 38.9. The van der Waals surface area contributed by atoms with Crippen molar-refractivity contribution in [2.24, 2.45) is 11.8 Å². The zero-order valence-electron chi connectivity index (χ0n) is 16.4. The molecule has 5 rings (SSSR count). The number of nitrogens with one attached hydrogen (secondary N) is 1. The highest BCUT2D eigenvalue weighted by Crippen LogP contribution is 2.37. The van der Waals surface area contributed by atoms with Gasteiger partial charge in [-0.3, -0.25) is 19.3 Å². The summed E-state index contributed by atoms with van der Waals surface area (Å²) in [5, 5.41) is 4.59. The Morgan fingerprint density at radius 2 is 1.77 bits per heavy atom. The first kappa shape index (κ1) is 18.4. The van der Waals surface area contributed by atoms with E-state index >= 15 is 0 Å². The molecule has 2 atom stereocenters.